The van der Waals surface area contributed by atoms with E-state index in [0.29, 0.717) is 12.8 Å². The largest absolute Gasteiger partial charge is 0.408 e. The molecule has 1 aromatic rings. The minimum absolute atomic E-state index is 0.228. The monoisotopic (exact) mass is 276 g/mol. The summed E-state index contributed by atoms with van der Waals surface area (Å²) >= 11 is 0. The Bertz CT molecular complexity index is 463. The summed E-state index contributed by atoms with van der Waals surface area (Å²) in [7, 11) is 0. The lowest BCUT2D eigenvalue weighted by atomic mass is 9.98. The summed E-state index contributed by atoms with van der Waals surface area (Å²) in [5.41, 5.74) is 5.26. The lowest BCUT2D eigenvalue weighted by Crippen LogP contribution is -2.48. The van der Waals surface area contributed by atoms with E-state index in [1.54, 1.807) is 0 Å². The highest BCUT2D eigenvalue weighted by atomic mass is 19.4. The molecule has 1 aliphatic rings. The first kappa shape index (κ1) is 13.9. The van der Waals surface area contributed by atoms with Gasteiger partial charge in [0.05, 0.1) is 17.4 Å². The van der Waals surface area contributed by atoms with Crippen LogP contribution in [0, 0.1) is 0 Å². The van der Waals surface area contributed by atoms with E-state index >= 15 is 0 Å². The van der Waals surface area contributed by atoms with Crippen molar-refractivity contribution in [2.24, 2.45) is 5.73 Å². The molecule has 1 saturated carbocycles. The van der Waals surface area contributed by atoms with Gasteiger partial charge in [0.15, 0.2) is 0 Å². The molecule has 2 rings (SSSR count). The molecule has 0 saturated heterocycles. The molecular weight excluding hydrogens is 261 g/mol. The van der Waals surface area contributed by atoms with E-state index in [9.17, 15) is 18.0 Å². The predicted octanol–water partition coefficient (Wildman–Crippen LogP) is 1.66. The smallest absolute Gasteiger partial charge is 0.322 e. The number of carbonyl (C=O) groups is 1. The maximum atomic E-state index is 12.2. The van der Waals surface area contributed by atoms with Crippen LogP contribution in [0.25, 0.3) is 0 Å². The lowest BCUT2D eigenvalue weighted by Gasteiger charge is -2.21. The summed E-state index contributed by atoms with van der Waals surface area (Å²) in [5, 5.41) is 6.06. The summed E-state index contributed by atoms with van der Waals surface area (Å²) < 4.78 is 37.2. The molecule has 0 atom stereocenters. The molecule has 1 aliphatic carbocycles. The van der Waals surface area contributed by atoms with Gasteiger partial charge in [-0.2, -0.15) is 18.3 Å². The van der Waals surface area contributed by atoms with Crippen LogP contribution in [0.15, 0.2) is 12.4 Å². The third kappa shape index (κ3) is 3.46. The molecule has 8 heteroatoms. The van der Waals surface area contributed by atoms with Crippen molar-refractivity contribution in [1.82, 2.24) is 9.78 Å². The Hall–Kier alpha value is -1.57. The van der Waals surface area contributed by atoms with Crippen molar-refractivity contribution in [3.63, 3.8) is 0 Å². The van der Waals surface area contributed by atoms with Gasteiger partial charge in [-0.1, -0.05) is 12.8 Å². The van der Waals surface area contributed by atoms with Gasteiger partial charge in [-0.3, -0.25) is 9.48 Å². The highest BCUT2D eigenvalue weighted by Crippen LogP contribution is 2.28. The fourth-order valence-electron chi connectivity index (χ4n) is 2.19. The second-order valence-electron chi connectivity index (χ2n) is 4.86. The molecule has 0 bridgehead atoms. The normalized spacial score (nSPS) is 18.5. The Morgan fingerprint density at radius 1 is 1.47 bits per heavy atom. The number of nitrogens with two attached hydrogens (primary N) is 1. The van der Waals surface area contributed by atoms with Crippen LogP contribution in [0.4, 0.5) is 18.9 Å². The Kier molecular flexibility index (Phi) is 3.53. The quantitative estimate of drug-likeness (QED) is 0.881. The zero-order chi connectivity index (χ0) is 14.1. The second-order valence-corrected chi connectivity index (χ2v) is 4.86. The molecule has 1 aromatic heterocycles. The highest BCUT2D eigenvalue weighted by molar-refractivity contribution is 5.97. The van der Waals surface area contributed by atoms with E-state index in [1.165, 1.54) is 6.20 Å². The van der Waals surface area contributed by atoms with Gasteiger partial charge in [0.1, 0.15) is 6.54 Å². The number of hydrogen-bond acceptors (Lipinski definition) is 3. The maximum Gasteiger partial charge on any atom is 0.408 e. The van der Waals surface area contributed by atoms with Crippen LogP contribution in [-0.2, 0) is 11.3 Å². The van der Waals surface area contributed by atoms with Gasteiger partial charge in [-0.15, -0.1) is 0 Å². The van der Waals surface area contributed by atoms with Crippen molar-refractivity contribution >= 4 is 11.6 Å². The molecule has 3 N–H and O–H groups in total. The topological polar surface area (TPSA) is 72.9 Å². The molecule has 5 nitrogen and oxygen atoms in total. The average molecular weight is 276 g/mol. The van der Waals surface area contributed by atoms with Crippen LogP contribution < -0.4 is 11.1 Å². The third-order valence-corrected chi connectivity index (χ3v) is 3.18. The Balaban J connectivity index is 1.98. The third-order valence-electron chi connectivity index (χ3n) is 3.18. The van der Waals surface area contributed by atoms with Crippen molar-refractivity contribution in [2.75, 3.05) is 5.32 Å². The first-order chi connectivity index (χ1) is 8.78. The first-order valence-electron chi connectivity index (χ1n) is 5.98. The van der Waals surface area contributed by atoms with Crippen LogP contribution in [-0.4, -0.2) is 27.4 Å². The SMILES string of the molecule is NC1(C(=O)Nc2cnn(CC(F)(F)F)c2)CCCC1. The lowest BCUT2D eigenvalue weighted by molar-refractivity contribution is -0.142. The number of nitrogens with zero attached hydrogens (tertiary/aromatic N) is 2. The van der Waals surface area contributed by atoms with Gasteiger partial charge in [0.25, 0.3) is 0 Å². The number of carbonyl (C=O) groups excluding carboxylic acids is 1. The molecule has 106 valence electrons. The van der Waals surface area contributed by atoms with Crippen LogP contribution in [0.2, 0.25) is 0 Å². The molecule has 0 spiro atoms. The molecule has 1 heterocycles. The number of nitrogens with one attached hydrogen (secondary N) is 1. The summed E-state index contributed by atoms with van der Waals surface area (Å²) in [6.45, 7) is -1.18. The molecule has 19 heavy (non-hydrogen) atoms. The van der Waals surface area contributed by atoms with E-state index < -0.39 is 18.3 Å². The Labute approximate surface area is 108 Å². The van der Waals surface area contributed by atoms with Crippen molar-refractivity contribution < 1.29 is 18.0 Å². The van der Waals surface area contributed by atoms with Crippen molar-refractivity contribution in [1.29, 1.82) is 0 Å². The number of alkyl halides is 3. The fraction of sp³-hybridized carbons (Fsp3) is 0.636. The van der Waals surface area contributed by atoms with Crippen LogP contribution in [0.1, 0.15) is 25.7 Å². The van der Waals surface area contributed by atoms with Crippen molar-refractivity contribution in [2.45, 2.75) is 43.9 Å². The number of amides is 1. The fourth-order valence-corrected chi connectivity index (χ4v) is 2.19. The summed E-state index contributed by atoms with van der Waals surface area (Å²) in [4.78, 5) is 11.9. The minimum Gasteiger partial charge on any atom is -0.322 e. The Morgan fingerprint density at radius 3 is 2.68 bits per heavy atom. The van der Waals surface area contributed by atoms with Gasteiger partial charge in [0.2, 0.25) is 5.91 Å². The average Bonchev–Trinajstić information content (AvgIpc) is 2.87. The van der Waals surface area contributed by atoms with E-state index in [4.69, 9.17) is 5.73 Å². The van der Waals surface area contributed by atoms with Gasteiger partial charge in [-0.25, -0.2) is 0 Å². The molecular formula is C11H15F3N4O. The van der Waals surface area contributed by atoms with Gasteiger partial charge >= 0.3 is 6.18 Å². The summed E-state index contributed by atoms with van der Waals surface area (Å²) in [5.74, 6) is -0.364. The van der Waals surface area contributed by atoms with Gasteiger partial charge < -0.3 is 11.1 Å². The number of hydrogen-bond donors (Lipinski definition) is 2. The minimum atomic E-state index is -4.34. The van der Waals surface area contributed by atoms with E-state index in [-0.39, 0.29) is 11.6 Å². The van der Waals surface area contributed by atoms with Crippen molar-refractivity contribution in [3.8, 4) is 0 Å². The van der Waals surface area contributed by atoms with Crippen LogP contribution in [0.5, 0.6) is 0 Å². The Morgan fingerprint density at radius 2 is 2.11 bits per heavy atom. The zero-order valence-corrected chi connectivity index (χ0v) is 10.2. The van der Waals surface area contributed by atoms with Gasteiger partial charge in [0, 0.05) is 6.20 Å². The number of halogens is 3. The second kappa shape index (κ2) is 4.84. The summed E-state index contributed by atoms with van der Waals surface area (Å²) in [6.07, 6.45) is 0.944. The molecule has 1 amide bonds. The van der Waals surface area contributed by atoms with Crippen LogP contribution >= 0.6 is 0 Å². The molecule has 0 aliphatic heterocycles. The predicted molar refractivity (Wildman–Crippen MR) is 62.3 cm³/mol. The maximum absolute atomic E-state index is 12.2. The van der Waals surface area contributed by atoms with Gasteiger partial charge in [-0.05, 0) is 12.8 Å². The van der Waals surface area contributed by atoms with E-state index in [2.05, 4.69) is 10.4 Å². The number of rotatable bonds is 3. The van der Waals surface area contributed by atoms with Crippen molar-refractivity contribution in [3.05, 3.63) is 12.4 Å². The van der Waals surface area contributed by atoms with Crippen LogP contribution in [0.3, 0.4) is 0 Å². The first-order valence-corrected chi connectivity index (χ1v) is 5.98. The highest BCUT2D eigenvalue weighted by Gasteiger charge is 2.37. The molecule has 1 fully saturated rings. The standard InChI is InChI=1S/C11H15F3N4O/c12-11(13,14)7-18-6-8(5-16-18)17-9(19)10(15)3-1-2-4-10/h5-6H,1-4,7,15H2,(H,17,19). The number of anilines is 1. The molecule has 0 aromatic carbocycles. The molecule has 0 radical (unpaired) electrons. The van der Waals surface area contributed by atoms with E-state index in [0.717, 1.165) is 23.7 Å². The van der Waals surface area contributed by atoms with E-state index in [1.807, 2.05) is 0 Å². The zero-order valence-electron chi connectivity index (χ0n) is 10.2. The summed E-state index contributed by atoms with van der Waals surface area (Å²) in [6, 6.07) is 0. The number of aromatic nitrogens is 2. The molecule has 0 unspecified atom stereocenters.